The molecule has 0 unspecified atom stereocenters. The zero-order valence-electron chi connectivity index (χ0n) is 9.67. The first-order chi connectivity index (χ1) is 7.74. The van der Waals surface area contributed by atoms with Crippen LogP contribution in [0.1, 0.15) is 22.3 Å². The monoisotopic (exact) mass is 209 g/mol. The lowest BCUT2D eigenvalue weighted by Gasteiger charge is -2.23. The number of nitrogens with one attached hydrogen (secondary N) is 1. The van der Waals surface area contributed by atoms with Crippen molar-refractivity contribution < 1.29 is 0 Å². The molecule has 1 heterocycles. The van der Waals surface area contributed by atoms with E-state index in [2.05, 4.69) is 55.6 Å². The van der Waals surface area contributed by atoms with Crippen LogP contribution >= 0.6 is 0 Å². The maximum absolute atomic E-state index is 3.54. The van der Waals surface area contributed by atoms with Crippen LogP contribution in [0.25, 0.3) is 0 Å². The largest absolute Gasteiger partial charge is 0.355 e. The Morgan fingerprint density at radius 3 is 2.69 bits per heavy atom. The number of rotatable bonds is 0. The zero-order chi connectivity index (χ0) is 11.1. The van der Waals surface area contributed by atoms with Gasteiger partial charge in [0, 0.05) is 17.8 Å². The maximum Gasteiger partial charge on any atom is 0.0450 e. The fourth-order valence-electron chi connectivity index (χ4n) is 2.51. The highest BCUT2D eigenvalue weighted by Crippen LogP contribution is 2.35. The van der Waals surface area contributed by atoms with E-state index in [1.165, 1.54) is 33.6 Å². The van der Waals surface area contributed by atoms with Gasteiger partial charge in [0.05, 0.1) is 0 Å². The van der Waals surface area contributed by atoms with Gasteiger partial charge in [-0.2, -0.15) is 0 Å². The number of hydrogen-bond acceptors (Lipinski definition) is 1. The van der Waals surface area contributed by atoms with Crippen LogP contribution in [0.5, 0.6) is 0 Å². The summed E-state index contributed by atoms with van der Waals surface area (Å²) in [5.41, 5.74) is 8.03. The highest BCUT2D eigenvalue weighted by Gasteiger charge is 2.15. The molecule has 16 heavy (non-hydrogen) atoms. The van der Waals surface area contributed by atoms with Gasteiger partial charge in [0.1, 0.15) is 0 Å². The molecule has 1 heteroatoms. The molecule has 0 aliphatic carbocycles. The number of anilines is 2. The summed E-state index contributed by atoms with van der Waals surface area (Å²) in [6.07, 6.45) is 1.04. The van der Waals surface area contributed by atoms with Gasteiger partial charge < -0.3 is 5.32 Å². The van der Waals surface area contributed by atoms with Gasteiger partial charge in [0.15, 0.2) is 0 Å². The van der Waals surface area contributed by atoms with Crippen molar-refractivity contribution in [3.05, 3.63) is 58.7 Å². The Hall–Kier alpha value is -1.76. The molecule has 1 N–H and O–H groups in total. The van der Waals surface area contributed by atoms with E-state index < -0.39 is 0 Å². The summed E-state index contributed by atoms with van der Waals surface area (Å²) in [6.45, 7) is 4.33. The number of benzene rings is 2. The van der Waals surface area contributed by atoms with Crippen molar-refractivity contribution in [2.24, 2.45) is 0 Å². The van der Waals surface area contributed by atoms with E-state index >= 15 is 0 Å². The average molecular weight is 209 g/mol. The minimum atomic E-state index is 1.04. The van der Waals surface area contributed by atoms with Crippen LogP contribution in [0.4, 0.5) is 11.4 Å². The Morgan fingerprint density at radius 1 is 1.00 bits per heavy atom. The predicted octanol–water partition coefficient (Wildman–Crippen LogP) is 3.95. The van der Waals surface area contributed by atoms with Crippen LogP contribution in [-0.2, 0) is 6.42 Å². The first kappa shape index (κ1) is 9.46. The summed E-state index contributed by atoms with van der Waals surface area (Å²) in [7, 11) is 0. The van der Waals surface area contributed by atoms with Gasteiger partial charge in [-0.25, -0.2) is 0 Å². The molecule has 0 saturated carbocycles. The van der Waals surface area contributed by atoms with Crippen molar-refractivity contribution in [3.63, 3.8) is 0 Å². The highest BCUT2D eigenvalue weighted by molar-refractivity contribution is 5.74. The normalized spacial score (nSPS) is 12.6. The van der Waals surface area contributed by atoms with Gasteiger partial charge in [0.25, 0.3) is 0 Å². The zero-order valence-corrected chi connectivity index (χ0v) is 9.67. The molecule has 0 bridgehead atoms. The van der Waals surface area contributed by atoms with Crippen molar-refractivity contribution in [2.75, 3.05) is 5.32 Å². The molecule has 2 aromatic carbocycles. The third-order valence-corrected chi connectivity index (χ3v) is 3.22. The van der Waals surface area contributed by atoms with Crippen LogP contribution in [-0.4, -0.2) is 0 Å². The number of fused-ring (bicyclic) bond motifs is 2. The van der Waals surface area contributed by atoms with E-state index in [1.54, 1.807) is 0 Å². The molecule has 0 spiro atoms. The van der Waals surface area contributed by atoms with E-state index in [9.17, 15) is 0 Å². The molecule has 1 nitrogen and oxygen atoms in total. The van der Waals surface area contributed by atoms with Gasteiger partial charge in [0.2, 0.25) is 0 Å². The van der Waals surface area contributed by atoms with Crippen LogP contribution in [0.15, 0.2) is 36.4 Å². The fourth-order valence-corrected chi connectivity index (χ4v) is 2.51. The van der Waals surface area contributed by atoms with E-state index in [-0.39, 0.29) is 0 Å². The van der Waals surface area contributed by atoms with E-state index in [1.807, 2.05) is 0 Å². The van der Waals surface area contributed by atoms with E-state index in [0.717, 1.165) is 6.42 Å². The van der Waals surface area contributed by atoms with Crippen molar-refractivity contribution in [3.8, 4) is 0 Å². The second kappa shape index (κ2) is 3.38. The molecule has 0 fully saturated rings. The molecule has 1 aliphatic heterocycles. The predicted molar refractivity (Wildman–Crippen MR) is 68.4 cm³/mol. The van der Waals surface area contributed by atoms with E-state index in [0.29, 0.717) is 0 Å². The second-order valence-electron chi connectivity index (χ2n) is 4.57. The fraction of sp³-hybridized carbons (Fsp3) is 0.200. The van der Waals surface area contributed by atoms with Crippen molar-refractivity contribution in [2.45, 2.75) is 20.3 Å². The lowest BCUT2D eigenvalue weighted by Crippen LogP contribution is -2.08. The molecular formula is C15H15N. The van der Waals surface area contributed by atoms with Gasteiger partial charge in [-0.3, -0.25) is 0 Å². The third-order valence-electron chi connectivity index (χ3n) is 3.22. The van der Waals surface area contributed by atoms with Crippen molar-refractivity contribution in [1.82, 2.24) is 0 Å². The van der Waals surface area contributed by atoms with Gasteiger partial charge in [-0.05, 0) is 36.6 Å². The molecule has 3 rings (SSSR count). The Morgan fingerprint density at radius 2 is 1.81 bits per heavy atom. The minimum Gasteiger partial charge on any atom is -0.355 e. The van der Waals surface area contributed by atoms with E-state index in [4.69, 9.17) is 0 Å². The molecule has 1 aliphatic rings. The summed E-state index contributed by atoms with van der Waals surface area (Å²) in [6, 6.07) is 13.1. The van der Waals surface area contributed by atoms with Crippen LogP contribution in [0.2, 0.25) is 0 Å². The van der Waals surface area contributed by atoms with Crippen LogP contribution in [0.3, 0.4) is 0 Å². The summed E-state index contributed by atoms with van der Waals surface area (Å²) >= 11 is 0. The van der Waals surface area contributed by atoms with Crippen molar-refractivity contribution in [1.29, 1.82) is 0 Å². The lowest BCUT2D eigenvalue weighted by atomic mass is 9.93. The van der Waals surface area contributed by atoms with Gasteiger partial charge in [-0.15, -0.1) is 0 Å². The Kier molecular flexibility index (Phi) is 2.00. The van der Waals surface area contributed by atoms with Crippen molar-refractivity contribution >= 4 is 11.4 Å². The third kappa shape index (κ3) is 1.40. The summed E-state index contributed by atoms with van der Waals surface area (Å²) in [4.78, 5) is 0. The first-order valence-corrected chi connectivity index (χ1v) is 5.69. The van der Waals surface area contributed by atoms with Crippen LogP contribution in [0, 0.1) is 13.8 Å². The first-order valence-electron chi connectivity index (χ1n) is 5.69. The molecule has 80 valence electrons. The number of para-hydroxylation sites is 1. The maximum atomic E-state index is 3.54. The summed E-state index contributed by atoms with van der Waals surface area (Å²) < 4.78 is 0. The molecule has 2 aromatic rings. The lowest BCUT2D eigenvalue weighted by molar-refractivity contribution is 1.13. The quantitative estimate of drug-likeness (QED) is 0.591. The Balaban J connectivity index is 2.15. The summed E-state index contributed by atoms with van der Waals surface area (Å²) in [5, 5.41) is 3.54. The number of aryl methyl sites for hydroxylation is 2. The van der Waals surface area contributed by atoms with Gasteiger partial charge in [-0.1, -0.05) is 35.9 Å². The SMILES string of the molecule is Cc1cc(C)c2c(c1)Cc1ccccc1N2. The molecule has 0 amide bonds. The molecule has 0 radical (unpaired) electrons. The van der Waals surface area contributed by atoms with Gasteiger partial charge >= 0.3 is 0 Å². The molecule has 0 atom stereocenters. The Labute approximate surface area is 96.1 Å². The minimum absolute atomic E-state index is 1.04. The second-order valence-corrected chi connectivity index (χ2v) is 4.57. The number of hydrogen-bond donors (Lipinski definition) is 1. The average Bonchev–Trinajstić information content (AvgIpc) is 2.27. The standard InChI is InChI=1S/C15H15N/c1-10-7-11(2)15-13(8-10)9-12-5-3-4-6-14(12)16-15/h3-8,16H,9H2,1-2H3. The highest BCUT2D eigenvalue weighted by atomic mass is 14.9. The molecule has 0 saturated heterocycles. The topological polar surface area (TPSA) is 12.0 Å². The van der Waals surface area contributed by atoms with Crippen LogP contribution < -0.4 is 5.32 Å². The molecular weight excluding hydrogens is 194 g/mol. The smallest absolute Gasteiger partial charge is 0.0450 e. The summed E-state index contributed by atoms with van der Waals surface area (Å²) in [5.74, 6) is 0. The Bertz CT molecular complexity index is 555. The molecule has 0 aromatic heterocycles.